The summed E-state index contributed by atoms with van der Waals surface area (Å²) in [6.07, 6.45) is 2.89. The van der Waals surface area contributed by atoms with Gasteiger partial charge in [0.15, 0.2) is 5.69 Å². The van der Waals surface area contributed by atoms with Gasteiger partial charge in [-0.15, -0.1) is 11.6 Å². The lowest BCUT2D eigenvalue weighted by atomic mass is 10.0. The van der Waals surface area contributed by atoms with E-state index in [1.165, 1.54) is 23.7 Å². The van der Waals surface area contributed by atoms with Gasteiger partial charge in [-0.2, -0.15) is 0 Å². The molecule has 0 aromatic carbocycles. The number of nitrogens with one attached hydrogen (secondary N) is 1. The topological polar surface area (TPSA) is 77.2 Å². The number of carbonyl (C=O) groups excluding carboxylic acids is 1. The molecule has 0 aliphatic heterocycles. The molecule has 1 rings (SSSR count). The lowest BCUT2D eigenvalue weighted by Crippen LogP contribution is -2.30. The third kappa shape index (κ3) is 4.23. The zero-order valence-electron chi connectivity index (χ0n) is 11.8. The lowest BCUT2D eigenvalue weighted by molar-refractivity contribution is -0.391. The van der Waals surface area contributed by atoms with E-state index in [0.717, 1.165) is 19.3 Å². The summed E-state index contributed by atoms with van der Waals surface area (Å²) in [7, 11) is 1.51. The predicted octanol–water partition coefficient (Wildman–Crippen LogP) is 2.71. The number of hydrogen-bond acceptors (Lipinski definition) is 3. The molecule has 0 spiro atoms. The molecular formula is C13H20ClN3O3. The van der Waals surface area contributed by atoms with Crippen LogP contribution in [0.1, 0.15) is 36.7 Å². The Morgan fingerprint density at radius 2 is 2.20 bits per heavy atom. The van der Waals surface area contributed by atoms with Gasteiger partial charge in [-0.25, -0.2) is 4.57 Å². The number of amides is 1. The molecule has 6 nitrogen and oxygen atoms in total. The maximum absolute atomic E-state index is 12.0. The summed E-state index contributed by atoms with van der Waals surface area (Å²) in [5.41, 5.74) is 0.290. The van der Waals surface area contributed by atoms with Gasteiger partial charge in [0.05, 0.1) is 7.05 Å². The van der Waals surface area contributed by atoms with Crippen molar-refractivity contribution in [3.63, 3.8) is 0 Å². The minimum atomic E-state index is -0.510. The van der Waals surface area contributed by atoms with Gasteiger partial charge in [-0.1, -0.05) is 13.3 Å². The molecule has 1 aromatic heterocycles. The number of hydrogen-bond donors (Lipinski definition) is 1. The van der Waals surface area contributed by atoms with Gasteiger partial charge in [0.1, 0.15) is 0 Å². The van der Waals surface area contributed by atoms with Crippen LogP contribution in [0.25, 0.3) is 0 Å². The molecule has 1 aromatic rings. The fourth-order valence-corrected chi connectivity index (χ4v) is 2.46. The second-order valence-electron chi connectivity index (χ2n) is 4.74. The number of rotatable bonds is 8. The van der Waals surface area contributed by atoms with Crippen molar-refractivity contribution in [3.05, 3.63) is 27.9 Å². The molecular weight excluding hydrogens is 282 g/mol. The number of alkyl halides is 1. The van der Waals surface area contributed by atoms with Crippen LogP contribution in [0.5, 0.6) is 0 Å². The maximum atomic E-state index is 12.0. The van der Waals surface area contributed by atoms with E-state index in [0.29, 0.717) is 18.3 Å². The molecule has 1 amide bonds. The van der Waals surface area contributed by atoms with Gasteiger partial charge in [0.25, 0.3) is 5.91 Å². The van der Waals surface area contributed by atoms with E-state index in [1.807, 2.05) is 0 Å². The van der Waals surface area contributed by atoms with Crippen molar-refractivity contribution in [2.45, 2.75) is 26.2 Å². The fourth-order valence-electron chi connectivity index (χ4n) is 2.15. The van der Waals surface area contributed by atoms with Crippen LogP contribution in [0.3, 0.4) is 0 Å². The standard InChI is InChI=1S/C13H20ClN3O3/c1-3-4-10(7-8-14)9-15-13(18)11-5-6-12(16(11)2)17(19)20/h5-6,10H,3-4,7-9H2,1-2H3,(H,15,18). The first kappa shape index (κ1) is 16.5. The van der Waals surface area contributed by atoms with E-state index in [9.17, 15) is 14.9 Å². The summed E-state index contributed by atoms with van der Waals surface area (Å²) in [4.78, 5) is 22.2. The molecule has 1 heterocycles. The number of nitrogens with zero attached hydrogens (tertiary/aromatic N) is 2. The molecule has 0 radical (unpaired) electrons. The third-order valence-electron chi connectivity index (χ3n) is 3.28. The smallest absolute Gasteiger partial charge is 0.323 e. The number of aromatic nitrogens is 1. The summed E-state index contributed by atoms with van der Waals surface area (Å²) < 4.78 is 1.28. The minimum absolute atomic E-state index is 0.0963. The van der Waals surface area contributed by atoms with Crippen molar-refractivity contribution in [3.8, 4) is 0 Å². The Morgan fingerprint density at radius 1 is 1.50 bits per heavy atom. The summed E-state index contributed by atoms with van der Waals surface area (Å²) >= 11 is 5.74. The van der Waals surface area contributed by atoms with Crippen molar-refractivity contribution >= 4 is 23.3 Å². The molecule has 0 fully saturated rings. The van der Waals surface area contributed by atoms with Gasteiger partial charge in [0, 0.05) is 18.5 Å². The Balaban J connectivity index is 2.64. The first-order chi connectivity index (χ1) is 9.51. The fraction of sp³-hybridized carbons (Fsp3) is 0.615. The number of halogens is 1. The molecule has 7 heteroatoms. The van der Waals surface area contributed by atoms with Crippen LogP contribution < -0.4 is 5.32 Å². The zero-order chi connectivity index (χ0) is 15.1. The molecule has 20 heavy (non-hydrogen) atoms. The highest BCUT2D eigenvalue weighted by Crippen LogP contribution is 2.15. The monoisotopic (exact) mass is 301 g/mol. The van der Waals surface area contributed by atoms with E-state index in [2.05, 4.69) is 12.2 Å². The van der Waals surface area contributed by atoms with Crippen molar-refractivity contribution in [2.75, 3.05) is 12.4 Å². The van der Waals surface area contributed by atoms with Crippen molar-refractivity contribution in [2.24, 2.45) is 13.0 Å². The Morgan fingerprint density at radius 3 is 2.70 bits per heavy atom. The van der Waals surface area contributed by atoms with E-state index in [1.54, 1.807) is 0 Å². The van der Waals surface area contributed by atoms with E-state index < -0.39 is 4.92 Å². The largest absolute Gasteiger partial charge is 0.358 e. The molecule has 0 saturated heterocycles. The summed E-state index contributed by atoms with van der Waals surface area (Å²) in [6, 6.07) is 2.79. The average molecular weight is 302 g/mol. The predicted molar refractivity (Wildman–Crippen MR) is 78.1 cm³/mol. The normalized spacial score (nSPS) is 12.2. The highest BCUT2D eigenvalue weighted by Gasteiger charge is 2.21. The first-order valence-electron chi connectivity index (χ1n) is 6.65. The Hall–Kier alpha value is -1.56. The maximum Gasteiger partial charge on any atom is 0.323 e. The third-order valence-corrected chi connectivity index (χ3v) is 3.50. The van der Waals surface area contributed by atoms with Crippen LogP contribution in [0.15, 0.2) is 12.1 Å². The summed E-state index contributed by atoms with van der Waals surface area (Å²) in [5, 5.41) is 13.6. The van der Waals surface area contributed by atoms with Crippen LogP contribution in [0.4, 0.5) is 5.82 Å². The highest BCUT2D eigenvalue weighted by atomic mass is 35.5. The zero-order valence-corrected chi connectivity index (χ0v) is 12.5. The van der Waals surface area contributed by atoms with Crippen molar-refractivity contribution < 1.29 is 9.72 Å². The van der Waals surface area contributed by atoms with Gasteiger partial charge >= 0.3 is 5.82 Å². The molecule has 0 bridgehead atoms. The quantitative estimate of drug-likeness (QED) is 0.455. The van der Waals surface area contributed by atoms with Gasteiger partial charge in [0.2, 0.25) is 0 Å². The summed E-state index contributed by atoms with van der Waals surface area (Å²) in [6.45, 7) is 2.63. The van der Waals surface area contributed by atoms with Crippen LogP contribution >= 0.6 is 11.6 Å². The second kappa shape index (κ2) is 7.89. The van der Waals surface area contributed by atoms with Gasteiger partial charge in [-0.3, -0.25) is 4.79 Å². The van der Waals surface area contributed by atoms with Gasteiger partial charge in [-0.05, 0) is 29.7 Å². The van der Waals surface area contributed by atoms with E-state index in [-0.39, 0.29) is 17.4 Å². The Bertz CT molecular complexity index is 467. The molecule has 0 aliphatic rings. The Labute approximate surface area is 123 Å². The van der Waals surface area contributed by atoms with Crippen LogP contribution in [-0.2, 0) is 7.05 Å². The van der Waals surface area contributed by atoms with Crippen molar-refractivity contribution in [1.29, 1.82) is 0 Å². The highest BCUT2D eigenvalue weighted by molar-refractivity contribution is 6.17. The van der Waals surface area contributed by atoms with Crippen LogP contribution in [0, 0.1) is 16.0 Å². The van der Waals surface area contributed by atoms with Gasteiger partial charge < -0.3 is 15.4 Å². The van der Waals surface area contributed by atoms with Crippen LogP contribution in [-0.4, -0.2) is 27.8 Å². The SMILES string of the molecule is CCCC(CCCl)CNC(=O)c1ccc([N+](=O)[O-])n1C. The molecule has 112 valence electrons. The molecule has 1 N–H and O–H groups in total. The van der Waals surface area contributed by atoms with E-state index in [4.69, 9.17) is 11.6 Å². The summed E-state index contributed by atoms with van der Waals surface area (Å²) in [5.74, 6) is 0.518. The minimum Gasteiger partial charge on any atom is -0.358 e. The van der Waals surface area contributed by atoms with Crippen LogP contribution in [0.2, 0.25) is 0 Å². The average Bonchev–Trinajstić information content (AvgIpc) is 2.78. The molecule has 0 saturated carbocycles. The molecule has 0 aliphatic carbocycles. The lowest BCUT2D eigenvalue weighted by Gasteiger charge is -2.15. The second-order valence-corrected chi connectivity index (χ2v) is 5.11. The molecule has 1 unspecified atom stereocenters. The van der Waals surface area contributed by atoms with E-state index >= 15 is 0 Å². The number of nitro groups is 1. The number of carbonyl (C=O) groups is 1. The van der Waals surface area contributed by atoms with Crippen molar-refractivity contribution in [1.82, 2.24) is 9.88 Å². The first-order valence-corrected chi connectivity index (χ1v) is 7.19. The Kier molecular flexibility index (Phi) is 6.51. The molecule has 1 atom stereocenters.